The first-order chi connectivity index (χ1) is 21.7. The molecular weight excluding hydrogens is 617 g/mol. The van der Waals surface area contributed by atoms with E-state index in [1.807, 2.05) is 0 Å². The molecule has 3 N–H and O–H groups in total. The van der Waals surface area contributed by atoms with Crippen molar-refractivity contribution in [1.29, 1.82) is 0 Å². The number of hydrogen-bond donors (Lipinski definition) is 2. The summed E-state index contributed by atoms with van der Waals surface area (Å²) in [6.45, 7) is 2.63. The minimum Gasteiger partial charge on any atom is -0.399 e. The Kier molecular flexibility index (Phi) is 6.95. The molecule has 2 bridgehead atoms. The van der Waals surface area contributed by atoms with Crippen molar-refractivity contribution in [3.63, 3.8) is 0 Å². The highest BCUT2D eigenvalue weighted by Gasteiger charge is 2.48. The predicted molar refractivity (Wildman–Crippen MR) is 176 cm³/mol. The maximum atomic E-state index is 17.0. The zero-order valence-electron chi connectivity index (χ0n) is 24.3. The zero-order chi connectivity index (χ0) is 31.0. The molecule has 3 aromatic carbocycles. The molecule has 1 aromatic heterocycles. The van der Waals surface area contributed by atoms with Crippen LogP contribution in [0.2, 0.25) is 5.02 Å². The van der Waals surface area contributed by atoms with Crippen LogP contribution in [0.3, 0.4) is 0 Å². The highest BCUT2D eigenvalue weighted by atomic mass is 35.5. The highest BCUT2D eigenvalue weighted by molar-refractivity contribution is 7.99. The molecule has 5 heterocycles. The number of halogens is 4. The summed E-state index contributed by atoms with van der Waals surface area (Å²) in [6.07, 6.45) is 11.6. The van der Waals surface area contributed by atoms with Crippen molar-refractivity contribution < 1.29 is 13.2 Å². The van der Waals surface area contributed by atoms with Gasteiger partial charge in [-0.3, -0.25) is 4.90 Å². The van der Waals surface area contributed by atoms with Crippen LogP contribution in [0.15, 0.2) is 47.6 Å². The number of aromatic nitrogens is 2. The lowest BCUT2D eigenvalue weighted by Crippen LogP contribution is -2.52. The van der Waals surface area contributed by atoms with Crippen LogP contribution >= 0.6 is 23.4 Å². The summed E-state index contributed by atoms with van der Waals surface area (Å²) >= 11 is 8.34. The first-order valence-electron chi connectivity index (χ1n) is 15.1. The molecule has 0 spiro atoms. The first kappa shape index (κ1) is 28.9. The lowest BCUT2D eigenvalue weighted by molar-refractivity contribution is 0.222. The summed E-state index contributed by atoms with van der Waals surface area (Å²) in [7, 11) is 0. The van der Waals surface area contributed by atoms with E-state index in [2.05, 4.69) is 33.2 Å². The number of rotatable bonds is 5. The van der Waals surface area contributed by atoms with Crippen LogP contribution in [0, 0.1) is 24.0 Å². The van der Waals surface area contributed by atoms with Crippen LogP contribution in [0.25, 0.3) is 32.8 Å². The molecular formula is C34H30ClF3N6S. The van der Waals surface area contributed by atoms with Gasteiger partial charge in [0, 0.05) is 65.0 Å². The summed E-state index contributed by atoms with van der Waals surface area (Å²) in [5.74, 6) is 2.37. The van der Waals surface area contributed by atoms with Crippen LogP contribution in [0.1, 0.15) is 24.8 Å². The summed E-state index contributed by atoms with van der Waals surface area (Å²) < 4.78 is 46.5. The van der Waals surface area contributed by atoms with E-state index < -0.39 is 17.8 Å². The Morgan fingerprint density at radius 2 is 1.93 bits per heavy atom. The Hall–Kier alpha value is -3.49. The number of fused-ring (bicyclic) bond motifs is 5. The third-order valence-electron chi connectivity index (χ3n) is 9.71. The number of nitrogens with one attached hydrogen (secondary N) is 1. The summed E-state index contributed by atoms with van der Waals surface area (Å²) in [6, 6.07) is 8.05. The fraction of sp³-hybridized carbons (Fsp3) is 0.353. The number of terminal acetylenes is 1. The van der Waals surface area contributed by atoms with Crippen molar-refractivity contribution in [2.24, 2.45) is 0 Å². The topological polar surface area (TPSA) is 70.3 Å². The molecule has 0 aliphatic carbocycles. The fourth-order valence-electron chi connectivity index (χ4n) is 7.77. The molecule has 11 heteroatoms. The van der Waals surface area contributed by atoms with Gasteiger partial charge in [0.2, 0.25) is 0 Å². The molecule has 4 aromatic rings. The Morgan fingerprint density at radius 1 is 1.13 bits per heavy atom. The monoisotopic (exact) mass is 646 g/mol. The Morgan fingerprint density at radius 3 is 2.71 bits per heavy atom. The van der Waals surface area contributed by atoms with Gasteiger partial charge in [-0.2, -0.15) is 0 Å². The molecule has 4 aliphatic rings. The minimum atomic E-state index is -0.851. The largest absolute Gasteiger partial charge is 0.399 e. The molecule has 3 saturated heterocycles. The zero-order valence-corrected chi connectivity index (χ0v) is 25.9. The second kappa shape index (κ2) is 10.8. The molecule has 230 valence electrons. The third kappa shape index (κ3) is 4.75. The van der Waals surface area contributed by atoms with Gasteiger partial charge in [0.25, 0.3) is 0 Å². The number of piperazine rings is 1. The van der Waals surface area contributed by atoms with E-state index in [1.165, 1.54) is 17.8 Å². The predicted octanol–water partition coefficient (Wildman–Crippen LogP) is 6.33. The Labute approximate surface area is 268 Å². The molecule has 6 nitrogen and oxygen atoms in total. The van der Waals surface area contributed by atoms with Crippen molar-refractivity contribution in [1.82, 2.24) is 20.2 Å². The van der Waals surface area contributed by atoms with Gasteiger partial charge in [-0.05, 0) is 61.0 Å². The highest BCUT2D eigenvalue weighted by Crippen LogP contribution is 2.46. The molecule has 3 fully saturated rings. The number of anilines is 2. The van der Waals surface area contributed by atoms with Crippen molar-refractivity contribution in [3.05, 3.63) is 64.7 Å². The van der Waals surface area contributed by atoms with Gasteiger partial charge in [0.05, 0.1) is 10.6 Å². The number of nitrogens with two attached hydrogens (primary N) is 1. The number of thioether (sulfide) groups is 1. The smallest absolute Gasteiger partial charge is 0.190 e. The summed E-state index contributed by atoms with van der Waals surface area (Å²) in [5.41, 5.74) is 6.79. The van der Waals surface area contributed by atoms with E-state index in [9.17, 15) is 8.78 Å². The van der Waals surface area contributed by atoms with Crippen molar-refractivity contribution in [2.75, 3.05) is 42.6 Å². The second-order valence-electron chi connectivity index (χ2n) is 12.5. The van der Waals surface area contributed by atoms with Gasteiger partial charge >= 0.3 is 0 Å². The average molecular weight is 647 g/mol. The van der Waals surface area contributed by atoms with E-state index in [4.69, 9.17) is 33.7 Å². The van der Waals surface area contributed by atoms with Gasteiger partial charge in [0.15, 0.2) is 11.0 Å². The summed E-state index contributed by atoms with van der Waals surface area (Å²) in [5, 5.41) is 5.46. The van der Waals surface area contributed by atoms with Crippen LogP contribution in [-0.2, 0) is 0 Å². The van der Waals surface area contributed by atoms with Crippen LogP contribution in [0.4, 0.5) is 24.7 Å². The number of benzene rings is 3. The van der Waals surface area contributed by atoms with Crippen molar-refractivity contribution in [2.45, 2.75) is 48.2 Å². The Bertz CT molecular complexity index is 1950. The van der Waals surface area contributed by atoms with Crippen molar-refractivity contribution >= 4 is 56.5 Å². The summed E-state index contributed by atoms with van der Waals surface area (Å²) in [4.78, 5) is 14.1. The lowest BCUT2D eigenvalue weighted by Gasteiger charge is -2.35. The van der Waals surface area contributed by atoms with Crippen LogP contribution in [0.5, 0.6) is 0 Å². The van der Waals surface area contributed by atoms with E-state index in [1.54, 1.807) is 24.3 Å². The number of nitrogen functional groups attached to an aromatic ring is 1. The van der Waals surface area contributed by atoms with Crippen molar-refractivity contribution in [3.8, 4) is 23.5 Å². The van der Waals surface area contributed by atoms with Crippen LogP contribution < -0.4 is 16.0 Å². The number of hydrogen-bond acceptors (Lipinski definition) is 7. The van der Waals surface area contributed by atoms with Gasteiger partial charge in [-0.1, -0.05) is 47.5 Å². The lowest BCUT2D eigenvalue weighted by atomic mass is 9.92. The SMILES string of the molecule is C#Cc1c(F)ccc2cc(N)cc(-c3c(Cl)cc4c(N5CC6C=CC(C5)N6)nc(SCC56CCCN5CC(F)C6)nc4c3F)c12. The quantitative estimate of drug-likeness (QED) is 0.0864. The van der Waals surface area contributed by atoms with E-state index in [0.29, 0.717) is 70.2 Å². The second-order valence-corrected chi connectivity index (χ2v) is 13.9. The molecule has 8 rings (SSSR count). The maximum absolute atomic E-state index is 17.0. The van der Waals surface area contributed by atoms with E-state index in [-0.39, 0.29) is 39.3 Å². The first-order valence-corrected chi connectivity index (χ1v) is 16.5. The molecule has 0 saturated carbocycles. The van der Waals surface area contributed by atoms with Crippen LogP contribution in [-0.4, -0.2) is 70.6 Å². The van der Waals surface area contributed by atoms with E-state index >= 15 is 4.39 Å². The maximum Gasteiger partial charge on any atom is 0.190 e. The average Bonchev–Trinajstić information content (AvgIpc) is 3.66. The van der Waals surface area contributed by atoms with Gasteiger partial charge in [-0.15, -0.1) is 6.42 Å². The molecule has 4 aliphatic heterocycles. The molecule has 4 unspecified atom stereocenters. The van der Waals surface area contributed by atoms with Gasteiger partial charge in [-0.25, -0.2) is 23.1 Å². The van der Waals surface area contributed by atoms with Gasteiger partial charge in [0.1, 0.15) is 23.3 Å². The van der Waals surface area contributed by atoms with E-state index in [0.717, 1.165) is 19.4 Å². The molecule has 0 amide bonds. The standard InChI is InChI=1S/C34H30ClF3N6S/c1-2-23-27(37)7-4-18-10-20(39)11-24(28(18)23)29-26(35)12-25-31(30(29)38)41-33(42-32(25)43-15-21-5-6-22(16-43)40-21)45-17-34-8-3-9-44(34)14-19(36)13-34/h1,4-7,10-12,19,21-22,40H,3,8-9,13-17,39H2. The minimum absolute atomic E-state index is 0.00424. The molecule has 4 atom stereocenters. The third-order valence-corrected chi connectivity index (χ3v) is 11.1. The normalized spacial score (nSPS) is 25.8. The van der Waals surface area contributed by atoms with Gasteiger partial charge < -0.3 is 16.0 Å². The number of alkyl halides is 1. The molecule has 0 radical (unpaired) electrons. The fourth-order valence-corrected chi connectivity index (χ4v) is 9.21. The Balaban J connectivity index is 1.30. The number of nitrogens with zero attached hydrogens (tertiary/aromatic N) is 4. The molecule has 45 heavy (non-hydrogen) atoms.